The fourth-order valence-corrected chi connectivity index (χ4v) is 2.94. The molecule has 1 fully saturated rings. The second kappa shape index (κ2) is 7.24. The summed E-state index contributed by atoms with van der Waals surface area (Å²) in [5, 5.41) is 10.4. The van der Waals surface area contributed by atoms with E-state index in [9.17, 15) is 5.11 Å². The molecule has 112 valence electrons. The van der Waals surface area contributed by atoms with Gasteiger partial charge in [0.1, 0.15) is 0 Å². The Bertz CT molecular complexity index is 390. The number of aliphatic hydroxyl groups is 1. The summed E-state index contributed by atoms with van der Waals surface area (Å²) in [6.45, 7) is 9.82. The van der Waals surface area contributed by atoms with Crippen molar-refractivity contribution in [2.24, 2.45) is 11.8 Å². The molecule has 1 atom stereocenters. The molecule has 1 N–H and O–H groups in total. The zero-order valence-corrected chi connectivity index (χ0v) is 13.2. The molecule has 0 amide bonds. The number of β-amino-alcohol motifs (C(OH)–C–C–N with tert-alkyl or cyclic N) is 1. The van der Waals surface area contributed by atoms with Gasteiger partial charge in [0.25, 0.3) is 0 Å². The van der Waals surface area contributed by atoms with Gasteiger partial charge in [-0.15, -0.1) is 0 Å². The van der Waals surface area contributed by atoms with Gasteiger partial charge in [-0.2, -0.15) is 0 Å². The minimum atomic E-state index is -0.350. The molecule has 0 spiro atoms. The van der Waals surface area contributed by atoms with Gasteiger partial charge in [-0.1, -0.05) is 45.0 Å². The van der Waals surface area contributed by atoms with Crippen LogP contribution in [0.3, 0.4) is 0 Å². The van der Waals surface area contributed by atoms with Crippen molar-refractivity contribution >= 4 is 0 Å². The van der Waals surface area contributed by atoms with Crippen LogP contribution in [0.25, 0.3) is 0 Å². The van der Waals surface area contributed by atoms with Gasteiger partial charge in [-0.3, -0.25) is 0 Å². The van der Waals surface area contributed by atoms with E-state index in [1.165, 1.54) is 18.4 Å². The summed E-state index contributed by atoms with van der Waals surface area (Å²) in [5.41, 5.74) is 2.42. The van der Waals surface area contributed by atoms with Crippen molar-refractivity contribution in [1.29, 1.82) is 0 Å². The molecule has 1 aliphatic heterocycles. The van der Waals surface area contributed by atoms with Crippen LogP contribution in [-0.4, -0.2) is 29.6 Å². The summed E-state index contributed by atoms with van der Waals surface area (Å²) >= 11 is 0. The summed E-state index contributed by atoms with van der Waals surface area (Å²) in [5.74, 6) is 1.53. The molecule has 0 aromatic heterocycles. The van der Waals surface area contributed by atoms with Crippen molar-refractivity contribution < 1.29 is 5.11 Å². The number of piperidine rings is 1. The van der Waals surface area contributed by atoms with Gasteiger partial charge in [-0.05, 0) is 55.3 Å². The van der Waals surface area contributed by atoms with Crippen molar-refractivity contribution in [3.8, 4) is 0 Å². The van der Waals surface area contributed by atoms with E-state index < -0.39 is 0 Å². The van der Waals surface area contributed by atoms with E-state index >= 15 is 0 Å². The third kappa shape index (κ3) is 4.60. The Morgan fingerprint density at radius 1 is 1.15 bits per heavy atom. The average molecular weight is 275 g/mol. The Hall–Kier alpha value is -0.860. The summed E-state index contributed by atoms with van der Waals surface area (Å²) in [4.78, 5) is 2.40. The first-order valence-corrected chi connectivity index (χ1v) is 8.04. The zero-order valence-electron chi connectivity index (χ0n) is 13.2. The molecule has 0 aliphatic carbocycles. The first-order chi connectivity index (χ1) is 9.54. The SMILES string of the molecule is CC(C)Cc1ccc(C(O)CN2CCC(C)CC2)cc1. The molecular formula is C18H29NO. The topological polar surface area (TPSA) is 23.5 Å². The average Bonchev–Trinajstić information content (AvgIpc) is 2.41. The molecule has 2 heteroatoms. The van der Waals surface area contributed by atoms with Crippen LogP contribution in [0.2, 0.25) is 0 Å². The van der Waals surface area contributed by atoms with Crippen LogP contribution in [0.15, 0.2) is 24.3 Å². The minimum Gasteiger partial charge on any atom is -0.387 e. The van der Waals surface area contributed by atoms with E-state index in [-0.39, 0.29) is 6.10 Å². The molecule has 0 bridgehead atoms. The Kier molecular flexibility index (Phi) is 5.62. The van der Waals surface area contributed by atoms with Crippen LogP contribution in [-0.2, 0) is 6.42 Å². The van der Waals surface area contributed by atoms with Gasteiger partial charge in [0.15, 0.2) is 0 Å². The maximum Gasteiger partial charge on any atom is 0.0916 e. The summed E-state index contributed by atoms with van der Waals surface area (Å²) < 4.78 is 0. The molecule has 20 heavy (non-hydrogen) atoms. The molecule has 1 aliphatic rings. The molecule has 0 radical (unpaired) electrons. The highest BCUT2D eigenvalue weighted by Crippen LogP contribution is 2.21. The van der Waals surface area contributed by atoms with Gasteiger partial charge >= 0.3 is 0 Å². The van der Waals surface area contributed by atoms with E-state index in [0.717, 1.165) is 37.5 Å². The minimum absolute atomic E-state index is 0.350. The number of likely N-dealkylation sites (tertiary alicyclic amines) is 1. The highest BCUT2D eigenvalue weighted by molar-refractivity contribution is 5.24. The number of rotatable bonds is 5. The summed E-state index contributed by atoms with van der Waals surface area (Å²) in [7, 11) is 0. The smallest absolute Gasteiger partial charge is 0.0916 e. The molecule has 1 unspecified atom stereocenters. The molecule has 2 rings (SSSR count). The quantitative estimate of drug-likeness (QED) is 0.886. The normalized spacial score (nSPS) is 19.4. The van der Waals surface area contributed by atoms with Crippen molar-refractivity contribution in [2.45, 2.75) is 46.1 Å². The fraction of sp³-hybridized carbons (Fsp3) is 0.667. The van der Waals surface area contributed by atoms with Crippen molar-refractivity contribution in [2.75, 3.05) is 19.6 Å². The van der Waals surface area contributed by atoms with Crippen LogP contribution in [0.4, 0.5) is 0 Å². The predicted molar refractivity (Wildman–Crippen MR) is 84.8 cm³/mol. The monoisotopic (exact) mass is 275 g/mol. The van der Waals surface area contributed by atoms with E-state index in [4.69, 9.17) is 0 Å². The highest BCUT2D eigenvalue weighted by Gasteiger charge is 2.19. The first-order valence-electron chi connectivity index (χ1n) is 8.04. The van der Waals surface area contributed by atoms with Crippen molar-refractivity contribution in [3.63, 3.8) is 0 Å². The highest BCUT2D eigenvalue weighted by atomic mass is 16.3. The third-order valence-corrected chi connectivity index (χ3v) is 4.32. The standard InChI is InChI=1S/C18H29NO/c1-14(2)12-16-4-6-17(7-5-16)18(20)13-19-10-8-15(3)9-11-19/h4-7,14-15,18,20H,8-13H2,1-3H3. The van der Waals surface area contributed by atoms with Crippen LogP contribution in [0.1, 0.15) is 50.8 Å². The Morgan fingerprint density at radius 3 is 2.30 bits per heavy atom. The van der Waals surface area contributed by atoms with Gasteiger partial charge in [0.2, 0.25) is 0 Å². The molecule has 1 heterocycles. The van der Waals surface area contributed by atoms with Gasteiger partial charge < -0.3 is 10.0 Å². The van der Waals surface area contributed by atoms with Gasteiger partial charge in [-0.25, -0.2) is 0 Å². The lowest BCUT2D eigenvalue weighted by Gasteiger charge is -2.31. The zero-order chi connectivity index (χ0) is 14.5. The summed E-state index contributed by atoms with van der Waals surface area (Å²) in [6.07, 6.45) is 3.29. The van der Waals surface area contributed by atoms with E-state index in [1.807, 2.05) is 0 Å². The van der Waals surface area contributed by atoms with Crippen molar-refractivity contribution in [1.82, 2.24) is 4.90 Å². The van der Waals surface area contributed by atoms with E-state index in [0.29, 0.717) is 5.92 Å². The predicted octanol–water partition coefficient (Wildman–Crippen LogP) is 3.65. The number of benzene rings is 1. The van der Waals surface area contributed by atoms with Crippen LogP contribution < -0.4 is 0 Å². The Labute approximate surface area is 123 Å². The van der Waals surface area contributed by atoms with Crippen molar-refractivity contribution in [3.05, 3.63) is 35.4 Å². The summed E-state index contributed by atoms with van der Waals surface area (Å²) in [6, 6.07) is 8.51. The maximum absolute atomic E-state index is 10.4. The molecule has 1 aromatic carbocycles. The second-order valence-corrected chi connectivity index (χ2v) is 6.84. The fourth-order valence-electron chi connectivity index (χ4n) is 2.94. The largest absolute Gasteiger partial charge is 0.387 e. The molecule has 1 saturated heterocycles. The third-order valence-electron chi connectivity index (χ3n) is 4.32. The van der Waals surface area contributed by atoms with Crippen LogP contribution in [0.5, 0.6) is 0 Å². The first kappa shape index (κ1) is 15.5. The van der Waals surface area contributed by atoms with Crippen LogP contribution >= 0.6 is 0 Å². The number of nitrogens with zero attached hydrogens (tertiary/aromatic N) is 1. The van der Waals surface area contributed by atoms with E-state index in [2.05, 4.69) is 49.9 Å². The lowest BCUT2D eigenvalue weighted by molar-refractivity contribution is 0.0916. The molecular weight excluding hydrogens is 246 g/mol. The van der Waals surface area contributed by atoms with Gasteiger partial charge in [0, 0.05) is 6.54 Å². The number of hydrogen-bond donors (Lipinski definition) is 1. The van der Waals surface area contributed by atoms with Gasteiger partial charge in [0.05, 0.1) is 6.10 Å². The Morgan fingerprint density at radius 2 is 1.75 bits per heavy atom. The van der Waals surface area contributed by atoms with E-state index in [1.54, 1.807) is 0 Å². The van der Waals surface area contributed by atoms with Crippen LogP contribution in [0, 0.1) is 11.8 Å². The Balaban J connectivity index is 1.87. The molecule has 1 aromatic rings. The lowest BCUT2D eigenvalue weighted by Crippen LogP contribution is -2.35. The number of hydrogen-bond acceptors (Lipinski definition) is 2. The lowest BCUT2D eigenvalue weighted by atomic mass is 9.97. The molecule has 2 nitrogen and oxygen atoms in total. The maximum atomic E-state index is 10.4. The number of aliphatic hydroxyl groups excluding tert-OH is 1. The second-order valence-electron chi connectivity index (χ2n) is 6.84. The molecule has 0 saturated carbocycles.